The second kappa shape index (κ2) is 8.20. The zero-order valence-corrected chi connectivity index (χ0v) is 19.4. The molecule has 0 aromatic carbocycles. The van der Waals surface area contributed by atoms with Gasteiger partial charge in [0.15, 0.2) is 5.60 Å². The Morgan fingerprint density at radius 1 is 0.828 bits per heavy atom. The largest absolute Gasteiger partial charge is 0.339 e. The average Bonchev–Trinajstić information content (AvgIpc) is 2.79. The minimum Gasteiger partial charge on any atom is -0.339 e. The highest BCUT2D eigenvalue weighted by Crippen LogP contribution is 2.50. The van der Waals surface area contributed by atoms with E-state index in [0.717, 1.165) is 25.7 Å². The van der Waals surface area contributed by atoms with Gasteiger partial charge in [-0.3, -0.25) is 9.59 Å². The number of ether oxygens (including phenoxy) is 1. The van der Waals surface area contributed by atoms with Crippen LogP contribution in [0.15, 0.2) is 0 Å². The third kappa shape index (κ3) is 4.65. The molecule has 0 aromatic heterocycles. The number of likely N-dealkylation sites (tertiary alicyclic amines) is 1. The first-order valence-corrected chi connectivity index (χ1v) is 11.9. The molecule has 0 radical (unpaired) electrons. The van der Waals surface area contributed by atoms with E-state index in [0.29, 0.717) is 12.8 Å². The van der Waals surface area contributed by atoms with Crippen molar-refractivity contribution in [3.63, 3.8) is 0 Å². The Bertz CT molecular complexity index is 596. The summed E-state index contributed by atoms with van der Waals surface area (Å²) in [5, 5.41) is 3.34. The molecule has 2 heterocycles. The standard InChI is InChI=1S/C24H42N2O3/c1-19(27)26-21(2,3)17-23(18-22(26,4)5)20(28)25-24(29-23)15-13-11-9-7-6-8-10-12-14-16-24/h6-18H2,1-5H3,(H,25,28). The van der Waals surface area contributed by atoms with Gasteiger partial charge in [-0.05, 0) is 53.4 Å². The molecule has 5 heteroatoms. The van der Waals surface area contributed by atoms with E-state index < -0.39 is 22.4 Å². The van der Waals surface area contributed by atoms with Crippen LogP contribution in [-0.2, 0) is 14.3 Å². The first kappa shape index (κ1) is 22.6. The van der Waals surface area contributed by atoms with Crippen LogP contribution in [0.2, 0.25) is 0 Å². The molecule has 29 heavy (non-hydrogen) atoms. The monoisotopic (exact) mass is 406 g/mol. The van der Waals surface area contributed by atoms with Crippen molar-refractivity contribution in [3.8, 4) is 0 Å². The predicted molar refractivity (Wildman–Crippen MR) is 115 cm³/mol. The number of carbonyl (C=O) groups is 2. The molecule has 1 N–H and O–H groups in total. The van der Waals surface area contributed by atoms with Crippen molar-refractivity contribution in [1.82, 2.24) is 10.2 Å². The van der Waals surface area contributed by atoms with Crippen molar-refractivity contribution in [2.24, 2.45) is 0 Å². The highest BCUT2D eigenvalue weighted by Gasteiger charge is 2.63. The number of rotatable bonds is 0. The van der Waals surface area contributed by atoms with Crippen LogP contribution in [-0.4, -0.2) is 39.1 Å². The lowest BCUT2D eigenvalue weighted by molar-refractivity contribution is -0.194. The number of hydrogen-bond acceptors (Lipinski definition) is 3. The molecular weight excluding hydrogens is 364 g/mol. The minimum absolute atomic E-state index is 0.0361. The van der Waals surface area contributed by atoms with E-state index in [1.807, 2.05) is 4.90 Å². The molecule has 1 saturated carbocycles. The fraction of sp³-hybridized carbons (Fsp3) is 0.917. The van der Waals surface area contributed by atoms with Gasteiger partial charge in [0.2, 0.25) is 5.91 Å². The zero-order chi connectivity index (χ0) is 21.3. The molecule has 0 unspecified atom stereocenters. The van der Waals surface area contributed by atoms with Crippen molar-refractivity contribution < 1.29 is 14.3 Å². The number of amides is 2. The Morgan fingerprint density at radius 2 is 1.24 bits per heavy atom. The maximum Gasteiger partial charge on any atom is 0.254 e. The topological polar surface area (TPSA) is 58.6 Å². The molecule has 5 nitrogen and oxygen atoms in total. The molecule has 3 fully saturated rings. The van der Waals surface area contributed by atoms with Gasteiger partial charge in [-0.15, -0.1) is 0 Å². The normalized spacial score (nSPS) is 29.1. The highest BCUT2D eigenvalue weighted by molar-refractivity contribution is 5.89. The van der Waals surface area contributed by atoms with Crippen LogP contribution >= 0.6 is 0 Å². The van der Waals surface area contributed by atoms with Gasteiger partial charge in [0, 0.05) is 30.8 Å². The van der Waals surface area contributed by atoms with E-state index in [1.165, 1.54) is 44.9 Å². The summed E-state index contributed by atoms with van der Waals surface area (Å²) < 4.78 is 6.84. The van der Waals surface area contributed by atoms with E-state index in [1.54, 1.807) is 6.92 Å². The molecule has 3 rings (SSSR count). The Morgan fingerprint density at radius 3 is 1.66 bits per heavy atom. The third-order valence-electron chi connectivity index (χ3n) is 7.27. The molecule has 3 aliphatic rings. The van der Waals surface area contributed by atoms with Crippen LogP contribution in [0.3, 0.4) is 0 Å². The first-order valence-electron chi connectivity index (χ1n) is 11.9. The summed E-state index contributed by atoms with van der Waals surface area (Å²) in [6, 6.07) is 0. The fourth-order valence-corrected chi connectivity index (χ4v) is 6.70. The van der Waals surface area contributed by atoms with E-state index >= 15 is 0 Å². The molecule has 2 saturated heterocycles. The summed E-state index contributed by atoms with van der Waals surface area (Å²) in [6.45, 7) is 9.91. The van der Waals surface area contributed by atoms with E-state index in [9.17, 15) is 9.59 Å². The molecule has 2 aliphatic heterocycles. The van der Waals surface area contributed by atoms with Crippen LogP contribution < -0.4 is 5.32 Å². The number of nitrogens with one attached hydrogen (secondary N) is 1. The number of piperidine rings is 1. The molecule has 0 aromatic rings. The zero-order valence-electron chi connectivity index (χ0n) is 19.4. The molecule has 166 valence electrons. The van der Waals surface area contributed by atoms with Crippen molar-refractivity contribution in [2.75, 3.05) is 0 Å². The molecule has 0 bridgehead atoms. The van der Waals surface area contributed by atoms with Crippen LogP contribution in [0, 0.1) is 0 Å². The van der Waals surface area contributed by atoms with Gasteiger partial charge in [0.1, 0.15) is 5.72 Å². The van der Waals surface area contributed by atoms with Crippen molar-refractivity contribution in [1.29, 1.82) is 0 Å². The van der Waals surface area contributed by atoms with Crippen molar-refractivity contribution >= 4 is 11.8 Å². The Kier molecular flexibility index (Phi) is 6.39. The van der Waals surface area contributed by atoms with E-state index in [2.05, 4.69) is 33.0 Å². The molecule has 0 atom stereocenters. The van der Waals surface area contributed by atoms with Gasteiger partial charge < -0.3 is 15.0 Å². The van der Waals surface area contributed by atoms with Crippen molar-refractivity contribution in [2.45, 2.75) is 140 Å². The van der Waals surface area contributed by atoms with Gasteiger partial charge in [0.05, 0.1) is 0 Å². The summed E-state index contributed by atoms with van der Waals surface area (Å²) in [4.78, 5) is 27.8. The lowest BCUT2D eigenvalue weighted by atomic mass is 9.70. The third-order valence-corrected chi connectivity index (χ3v) is 7.27. The molecular formula is C24H42N2O3. The number of hydrogen-bond donors (Lipinski definition) is 1. The molecule has 2 amide bonds. The van der Waals surface area contributed by atoms with Gasteiger partial charge in [0.25, 0.3) is 5.91 Å². The number of carbonyl (C=O) groups excluding carboxylic acids is 2. The highest BCUT2D eigenvalue weighted by atomic mass is 16.6. The van der Waals surface area contributed by atoms with E-state index in [4.69, 9.17) is 4.74 Å². The fourth-order valence-electron chi connectivity index (χ4n) is 6.70. The summed E-state index contributed by atoms with van der Waals surface area (Å²) in [7, 11) is 0. The molecule has 1 aliphatic carbocycles. The smallest absolute Gasteiger partial charge is 0.254 e. The lowest BCUT2D eigenvalue weighted by Crippen LogP contribution is -2.68. The SMILES string of the molecule is CC(=O)N1C(C)(C)CC2(CC1(C)C)OC1(CCCCCCCCCCC1)NC2=O. The summed E-state index contributed by atoms with van der Waals surface area (Å²) in [5.74, 6) is 0.0999. The van der Waals surface area contributed by atoms with Gasteiger partial charge in [-0.2, -0.15) is 0 Å². The quantitative estimate of drug-likeness (QED) is 0.611. The Balaban J connectivity index is 1.83. The maximum atomic E-state index is 13.4. The van der Waals surface area contributed by atoms with Crippen LogP contribution in [0.4, 0.5) is 0 Å². The van der Waals surface area contributed by atoms with Gasteiger partial charge in [-0.1, -0.05) is 44.9 Å². The summed E-state index contributed by atoms with van der Waals surface area (Å²) in [6.07, 6.45) is 14.1. The van der Waals surface area contributed by atoms with Gasteiger partial charge >= 0.3 is 0 Å². The Hall–Kier alpha value is -1.10. The minimum atomic E-state index is -0.837. The first-order chi connectivity index (χ1) is 13.5. The van der Waals surface area contributed by atoms with Crippen molar-refractivity contribution in [3.05, 3.63) is 0 Å². The van der Waals surface area contributed by atoms with Gasteiger partial charge in [-0.25, -0.2) is 0 Å². The second-order valence-corrected chi connectivity index (χ2v) is 11.1. The molecule has 2 spiro atoms. The number of nitrogens with zero attached hydrogens (tertiary/aromatic N) is 1. The maximum absolute atomic E-state index is 13.4. The summed E-state index contributed by atoms with van der Waals surface area (Å²) in [5.41, 5.74) is -2.22. The van der Waals surface area contributed by atoms with Crippen LogP contribution in [0.25, 0.3) is 0 Å². The van der Waals surface area contributed by atoms with Crippen LogP contribution in [0.5, 0.6) is 0 Å². The lowest BCUT2D eigenvalue weighted by Gasteiger charge is -2.57. The summed E-state index contributed by atoms with van der Waals surface area (Å²) >= 11 is 0. The van der Waals surface area contributed by atoms with E-state index in [-0.39, 0.29) is 11.8 Å². The predicted octanol–water partition coefficient (Wildman–Crippen LogP) is 5.07. The average molecular weight is 407 g/mol. The Labute approximate surface area is 177 Å². The second-order valence-electron chi connectivity index (χ2n) is 11.1. The van der Waals surface area contributed by atoms with Crippen LogP contribution in [0.1, 0.15) is 118 Å².